The molecule has 0 aliphatic carbocycles. The molecule has 6 nitrogen and oxygen atoms in total. The average molecular weight is 348 g/mol. The molecule has 1 aromatic carbocycles. The normalized spacial score (nSPS) is 18.1. The van der Waals surface area contributed by atoms with Gasteiger partial charge in [-0.25, -0.2) is 12.7 Å². The van der Waals surface area contributed by atoms with Gasteiger partial charge in [-0.05, 0) is 37.6 Å². The van der Waals surface area contributed by atoms with E-state index in [1.807, 2.05) is 0 Å². The molecule has 1 atom stereocenters. The molecule has 0 radical (unpaired) electrons. The highest BCUT2D eigenvalue weighted by atomic mass is 35.5. The van der Waals surface area contributed by atoms with Crippen molar-refractivity contribution < 1.29 is 13.2 Å². The minimum atomic E-state index is -3.52. The zero-order valence-corrected chi connectivity index (χ0v) is 14.6. The summed E-state index contributed by atoms with van der Waals surface area (Å²) in [4.78, 5) is 12.3. The van der Waals surface area contributed by atoms with Crippen LogP contribution < -0.4 is 10.6 Å². The summed E-state index contributed by atoms with van der Waals surface area (Å²) >= 11 is 0. The van der Waals surface area contributed by atoms with E-state index in [4.69, 9.17) is 0 Å². The fourth-order valence-corrected chi connectivity index (χ4v) is 3.42. The molecule has 8 heteroatoms. The third kappa shape index (κ3) is 3.98. The number of rotatable bonds is 4. The zero-order chi connectivity index (χ0) is 15.6. The Morgan fingerprint density at radius 1 is 1.36 bits per heavy atom. The maximum absolute atomic E-state index is 12.3. The van der Waals surface area contributed by atoms with Crippen LogP contribution in [-0.4, -0.2) is 45.8 Å². The first-order chi connectivity index (χ1) is 9.82. The number of aryl methyl sites for hydroxylation is 1. The van der Waals surface area contributed by atoms with Crippen LogP contribution in [0.25, 0.3) is 0 Å². The van der Waals surface area contributed by atoms with E-state index in [2.05, 4.69) is 10.6 Å². The van der Waals surface area contributed by atoms with E-state index in [1.165, 1.54) is 24.5 Å². The molecular weight excluding hydrogens is 326 g/mol. The quantitative estimate of drug-likeness (QED) is 0.858. The fourth-order valence-electron chi connectivity index (χ4n) is 2.28. The molecule has 22 heavy (non-hydrogen) atoms. The van der Waals surface area contributed by atoms with Crippen molar-refractivity contribution in [1.82, 2.24) is 9.62 Å². The first kappa shape index (κ1) is 18.9. The van der Waals surface area contributed by atoms with Gasteiger partial charge in [-0.3, -0.25) is 4.79 Å². The maximum Gasteiger partial charge on any atom is 0.242 e. The zero-order valence-electron chi connectivity index (χ0n) is 12.9. The molecule has 0 saturated carbocycles. The summed E-state index contributed by atoms with van der Waals surface area (Å²) in [6.45, 7) is 3.25. The largest absolute Gasteiger partial charge is 0.326 e. The van der Waals surface area contributed by atoms with Gasteiger partial charge in [0.15, 0.2) is 0 Å². The summed E-state index contributed by atoms with van der Waals surface area (Å²) in [5.41, 5.74) is 1.17. The molecule has 0 aromatic heterocycles. The van der Waals surface area contributed by atoms with Crippen LogP contribution in [0.3, 0.4) is 0 Å². The van der Waals surface area contributed by atoms with Crippen molar-refractivity contribution in [2.45, 2.75) is 18.2 Å². The molecule has 1 heterocycles. The Bertz CT molecular complexity index is 641. The molecule has 1 aliphatic heterocycles. The van der Waals surface area contributed by atoms with Gasteiger partial charge in [-0.2, -0.15) is 0 Å². The number of carbonyl (C=O) groups excluding carboxylic acids is 1. The van der Waals surface area contributed by atoms with Crippen LogP contribution in [0.1, 0.15) is 12.0 Å². The SMILES string of the molecule is Cc1ccc(NC(=O)C2CCNC2)cc1S(=O)(=O)N(C)C.Cl. The van der Waals surface area contributed by atoms with Gasteiger partial charge in [-0.15, -0.1) is 12.4 Å². The van der Waals surface area contributed by atoms with Crippen molar-refractivity contribution in [1.29, 1.82) is 0 Å². The number of hydrogen-bond donors (Lipinski definition) is 2. The summed E-state index contributed by atoms with van der Waals surface area (Å²) in [5.74, 6) is -0.128. The summed E-state index contributed by atoms with van der Waals surface area (Å²) in [7, 11) is -0.535. The Morgan fingerprint density at radius 2 is 2.05 bits per heavy atom. The van der Waals surface area contributed by atoms with Crippen molar-refractivity contribution in [2.24, 2.45) is 5.92 Å². The predicted molar refractivity (Wildman–Crippen MR) is 88.9 cm³/mol. The topological polar surface area (TPSA) is 78.5 Å². The van der Waals surface area contributed by atoms with Gasteiger partial charge in [0.2, 0.25) is 15.9 Å². The predicted octanol–water partition coefficient (Wildman–Crippen LogP) is 1.22. The molecule has 1 fully saturated rings. The molecule has 1 aliphatic rings. The standard InChI is InChI=1S/C14H21N3O3S.ClH/c1-10-4-5-12(8-13(10)21(19,20)17(2)3)16-14(18)11-6-7-15-9-11;/h4-5,8,11,15H,6-7,9H2,1-3H3,(H,16,18);1H. The molecular formula is C14H22ClN3O3S. The third-order valence-electron chi connectivity index (χ3n) is 3.65. The highest BCUT2D eigenvalue weighted by Gasteiger charge is 2.24. The smallest absolute Gasteiger partial charge is 0.242 e. The molecule has 2 N–H and O–H groups in total. The van der Waals surface area contributed by atoms with Crippen molar-refractivity contribution in [2.75, 3.05) is 32.5 Å². The fraction of sp³-hybridized carbons (Fsp3) is 0.500. The molecule has 1 saturated heterocycles. The number of anilines is 1. The van der Waals surface area contributed by atoms with E-state index in [1.54, 1.807) is 19.1 Å². The number of hydrogen-bond acceptors (Lipinski definition) is 4. The van der Waals surface area contributed by atoms with Crippen LogP contribution in [0.4, 0.5) is 5.69 Å². The second kappa shape index (κ2) is 7.41. The number of halogens is 1. The first-order valence-electron chi connectivity index (χ1n) is 6.87. The van der Waals surface area contributed by atoms with Gasteiger partial charge in [0, 0.05) is 26.3 Å². The monoisotopic (exact) mass is 347 g/mol. The van der Waals surface area contributed by atoms with Crippen molar-refractivity contribution in [3.8, 4) is 0 Å². The van der Waals surface area contributed by atoms with Gasteiger partial charge in [0.05, 0.1) is 10.8 Å². The average Bonchev–Trinajstić information content (AvgIpc) is 2.94. The highest BCUT2D eigenvalue weighted by molar-refractivity contribution is 7.89. The molecule has 1 amide bonds. The first-order valence-corrected chi connectivity index (χ1v) is 8.31. The Morgan fingerprint density at radius 3 is 2.59 bits per heavy atom. The van der Waals surface area contributed by atoms with Gasteiger partial charge in [0.1, 0.15) is 0 Å². The Labute approximate surface area is 137 Å². The highest BCUT2D eigenvalue weighted by Crippen LogP contribution is 2.23. The number of nitrogens with one attached hydrogen (secondary N) is 2. The number of nitrogens with zero attached hydrogens (tertiary/aromatic N) is 1. The summed E-state index contributed by atoms with van der Waals surface area (Å²) < 4.78 is 25.7. The Hall–Kier alpha value is -1.15. The number of sulfonamides is 1. The Balaban J connectivity index is 0.00000242. The van der Waals surface area contributed by atoms with Crippen LogP contribution in [-0.2, 0) is 14.8 Å². The second-order valence-corrected chi connectivity index (χ2v) is 7.57. The van der Waals surface area contributed by atoms with E-state index in [-0.39, 0.29) is 29.1 Å². The van der Waals surface area contributed by atoms with Crippen molar-refractivity contribution in [3.05, 3.63) is 23.8 Å². The van der Waals surface area contributed by atoms with Crippen molar-refractivity contribution in [3.63, 3.8) is 0 Å². The minimum Gasteiger partial charge on any atom is -0.326 e. The number of carbonyl (C=O) groups is 1. The lowest BCUT2D eigenvalue weighted by molar-refractivity contribution is -0.119. The van der Waals surface area contributed by atoms with Gasteiger partial charge < -0.3 is 10.6 Å². The molecule has 2 rings (SSSR count). The number of benzene rings is 1. The molecule has 124 valence electrons. The van der Waals surface area contributed by atoms with Gasteiger partial charge in [0.25, 0.3) is 0 Å². The minimum absolute atomic E-state index is 0. The lowest BCUT2D eigenvalue weighted by Gasteiger charge is -2.16. The van der Waals surface area contributed by atoms with Gasteiger partial charge in [-0.1, -0.05) is 6.07 Å². The third-order valence-corrected chi connectivity index (χ3v) is 5.60. The lowest BCUT2D eigenvalue weighted by Crippen LogP contribution is -2.25. The van der Waals surface area contributed by atoms with Crippen LogP contribution in [0.2, 0.25) is 0 Å². The second-order valence-electron chi connectivity index (χ2n) is 5.45. The maximum atomic E-state index is 12.3. The molecule has 0 bridgehead atoms. The van der Waals surface area contributed by atoms with Crippen molar-refractivity contribution >= 4 is 34.0 Å². The Kier molecular flexibility index (Phi) is 6.37. The van der Waals surface area contributed by atoms with E-state index in [9.17, 15) is 13.2 Å². The molecule has 1 aromatic rings. The summed E-state index contributed by atoms with van der Waals surface area (Å²) in [5, 5.41) is 5.94. The van der Waals surface area contributed by atoms with Crippen LogP contribution in [0.5, 0.6) is 0 Å². The van der Waals surface area contributed by atoms with Gasteiger partial charge >= 0.3 is 0 Å². The lowest BCUT2D eigenvalue weighted by atomic mass is 10.1. The summed E-state index contributed by atoms with van der Waals surface area (Å²) in [6.07, 6.45) is 0.806. The number of amides is 1. The van der Waals surface area contributed by atoms with E-state index < -0.39 is 10.0 Å². The molecule has 0 spiro atoms. The van der Waals surface area contributed by atoms with Crippen LogP contribution in [0, 0.1) is 12.8 Å². The molecule has 1 unspecified atom stereocenters. The van der Waals surface area contributed by atoms with E-state index in [0.29, 0.717) is 17.8 Å². The van der Waals surface area contributed by atoms with E-state index in [0.717, 1.165) is 13.0 Å². The van der Waals surface area contributed by atoms with E-state index >= 15 is 0 Å². The van der Waals surface area contributed by atoms with Crippen LogP contribution >= 0.6 is 12.4 Å². The summed E-state index contributed by atoms with van der Waals surface area (Å²) in [6, 6.07) is 4.95. The van der Waals surface area contributed by atoms with Crippen LogP contribution in [0.15, 0.2) is 23.1 Å².